The van der Waals surface area contributed by atoms with Crippen molar-refractivity contribution in [3.8, 4) is 0 Å². The molecule has 1 aliphatic rings. The van der Waals surface area contributed by atoms with E-state index in [1.807, 2.05) is 32.0 Å². The highest BCUT2D eigenvalue weighted by Gasteiger charge is 2.29. The molecule has 1 heterocycles. The first-order valence-corrected chi connectivity index (χ1v) is 12.1. The lowest BCUT2D eigenvalue weighted by molar-refractivity contribution is 0.102. The smallest absolute Gasteiger partial charge is 0.255 e. The molecule has 0 aromatic heterocycles. The molecule has 162 valence electrons. The number of aryl methyl sites for hydroxylation is 2. The number of hydrogen-bond acceptors (Lipinski definition) is 3. The van der Waals surface area contributed by atoms with E-state index in [4.69, 9.17) is 0 Å². The lowest BCUT2D eigenvalue weighted by Crippen LogP contribution is -2.38. The van der Waals surface area contributed by atoms with Crippen LogP contribution in [0.4, 0.5) is 5.69 Å². The van der Waals surface area contributed by atoms with Crippen molar-refractivity contribution in [3.05, 3.63) is 58.7 Å². The average Bonchev–Trinajstić information content (AvgIpc) is 2.69. The second-order valence-corrected chi connectivity index (χ2v) is 10.6. The molecule has 2 aromatic rings. The summed E-state index contributed by atoms with van der Waals surface area (Å²) in [5, 5.41) is 3.03. The highest BCUT2D eigenvalue weighted by Crippen LogP contribution is 2.29. The number of amides is 1. The van der Waals surface area contributed by atoms with Gasteiger partial charge in [0.05, 0.1) is 4.90 Å². The van der Waals surface area contributed by atoms with Gasteiger partial charge in [-0.05, 0) is 67.3 Å². The molecule has 5 nitrogen and oxygen atoms in total. The van der Waals surface area contributed by atoms with E-state index in [0.717, 1.165) is 35.2 Å². The molecule has 1 amide bonds. The Kier molecular flexibility index (Phi) is 6.68. The lowest BCUT2D eigenvalue weighted by atomic mass is 9.97. The first kappa shape index (κ1) is 22.5. The number of benzene rings is 2. The van der Waals surface area contributed by atoms with Gasteiger partial charge in [-0.3, -0.25) is 4.79 Å². The molecule has 0 spiro atoms. The Morgan fingerprint density at radius 3 is 2.37 bits per heavy atom. The zero-order chi connectivity index (χ0) is 22.1. The molecule has 1 aliphatic heterocycles. The van der Waals surface area contributed by atoms with Gasteiger partial charge in [-0.2, -0.15) is 4.31 Å². The Balaban J connectivity index is 1.92. The molecule has 2 aromatic carbocycles. The van der Waals surface area contributed by atoms with Crippen molar-refractivity contribution in [2.75, 3.05) is 18.4 Å². The number of anilines is 1. The summed E-state index contributed by atoms with van der Waals surface area (Å²) in [6.45, 7) is 11.2. The SMILES string of the molecule is Cc1ccc(S(=O)(=O)N2CCC(C)CC2)cc1C(=O)Nc1c(C)cccc1C(C)C. The fourth-order valence-corrected chi connectivity index (χ4v) is 5.40. The topological polar surface area (TPSA) is 66.5 Å². The zero-order valence-electron chi connectivity index (χ0n) is 18.5. The van der Waals surface area contributed by atoms with Crippen LogP contribution in [0.1, 0.15) is 66.6 Å². The highest BCUT2D eigenvalue weighted by atomic mass is 32.2. The van der Waals surface area contributed by atoms with Crippen molar-refractivity contribution < 1.29 is 13.2 Å². The molecule has 1 fully saturated rings. The summed E-state index contributed by atoms with van der Waals surface area (Å²) >= 11 is 0. The molecule has 0 unspecified atom stereocenters. The largest absolute Gasteiger partial charge is 0.321 e. The van der Waals surface area contributed by atoms with Crippen LogP contribution in [0.3, 0.4) is 0 Å². The van der Waals surface area contributed by atoms with Crippen molar-refractivity contribution in [1.29, 1.82) is 0 Å². The predicted molar refractivity (Wildman–Crippen MR) is 122 cm³/mol. The maximum Gasteiger partial charge on any atom is 0.255 e. The number of piperidine rings is 1. The molecular weight excluding hydrogens is 396 g/mol. The van der Waals surface area contributed by atoms with Gasteiger partial charge < -0.3 is 5.32 Å². The number of hydrogen-bond donors (Lipinski definition) is 1. The van der Waals surface area contributed by atoms with Crippen LogP contribution in [0, 0.1) is 19.8 Å². The molecule has 3 rings (SSSR count). The maximum atomic E-state index is 13.1. The molecule has 30 heavy (non-hydrogen) atoms. The van der Waals surface area contributed by atoms with Crippen molar-refractivity contribution in [1.82, 2.24) is 4.31 Å². The highest BCUT2D eigenvalue weighted by molar-refractivity contribution is 7.89. The minimum absolute atomic E-state index is 0.182. The molecule has 0 aliphatic carbocycles. The number of nitrogens with zero attached hydrogens (tertiary/aromatic N) is 1. The third-order valence-electron chi connectivity index (χ3n) is 6.00. The van der Waals surface area contributed by atoms with Crippen molar-refractivity contribution in [2.45, 2.75) is 58.3 Å². The van der Waals surface area contributed by atoms with Crippen LogP contribution >= 0.6 is 0 Å². The normalized spacial score (nSPS) is 16.1. The molecule has 0 bridgehead atoms. The Morgan fingerprint density at radius 1 is 1.07 bits per heavy atom. The minimum Gasteiger partial charge on any atom is -0.321 e. The van der Waals surface area contributed by atoms with E-state index < -0.39 is 10.0 Å². The third kappa shape index (κ3) is 4.60. The summed E-state index contributed by atoms with van der Waals surface area (Å²) in [4.78, 5) is 13.3. The lowest BCUT2D eigenvalue weighted by Gasteiger charge is -2.29. The zero-order valence-corrected chi connectivity index (χ0v) is 19.3. The number of nitrogens with one attached hydrogen (secondary N) is 1. The van der Waals surface area contributed by atoms with Crippen molar-refractivity contribution >= 4 is 21.6 Å². The third-order valence-corrected chi connectivity index (χ3v) is 7.89. The predicted octanol–water partition coefficient (Wildman–Crippen LogP) is 5.10. The number of rotatable bonds is 5. The number of para-hydroxylation sites is 1. The monoisotopic (exact) mass is 428 g/mol. The van der Waals surface area contributed by atoms with Gasteiger partial charge in [-0.25, -0.2) is 8.42 Å². The van der Waals surface area contributed by atoms with Crippen LogP contribution < -0.4 is 5.32 Å². The van der Waals surface area contributed by atoms with Gasteiger partial charge >= 0.3 is 0 Å². The first-order chi connectivity index (χ1) is 14.1. The average molecular weight is 429 g/mol. The Morgan fingerprint density at radius 2 is 1.73 bits per heavy atom. The van der Waals surface area contributed by atoms with E-state index in [2.05, 4.69) is 26.1 Å². The van der Waals surface area contributed by atoms with Gasteiger partial charge in [0.15, 0.2) is 0 Å². The standard InChI is InChI=1S/C24H32N2O3S/c1-16(2)21-8-6-7-19(5)23(21)25-24(27)22-15-20(10-9-18(22)4)30(28,29)26-13-11-17(3)12-14-26/h6-10,15-17H,11-14H2,1-5H3,(H,25,27). The van der Waals surface area contributed by atoms with Crippen LogP contribution in [0.15, 0.2) is 41.3 Å². The summed E-state index contributed by atoms with van der Waals surface area (Å²) in [7, 11) is -3.61. The van der Waals surface area contributed by atoms with Crippen LogP contribution in [-0.4, -0.2) is 31.7 Å². The van der Waals surface area contributed by atoms with Gasteiger partial charge in [0, 0.05) is 24.3 Å². The van der Waals surface area contributed by atoms with Gasteiger partial charge in [0.2, 0.25) is 10.0 Å². The van der Waals surface area contributed by atoms with Gasteiger partial charge in [0.25, 0.3) is 5.91 Å². The number of carbonyl (C=O) groups is 1. The second-order valence-electron chi connectivity index (χ2n) is 8.71. The second kappa shape index (κ2) is 8.90. The Hall–Kier alpha value is -2.18. The Bertz CT molecular complexity index is 1040. The fourth-order valence-electron chi connectivity index (χ4n) is 3.90. The van der Waals surface area contributed by atoms with Crippen LogP contribution in [-0.2, 0) is 10.0 Å². The molecule has 1 N–H and O–H groups in total. The van der Waals surface area contributed by atoms with E-state index in [0.29, 0.717) is 24.6 Å². The molecule has 1 saturated heterocycles. The Labute approximate surface area is 180 Å². The van der Waals surface area contributed by atoms with Crippen molar-refractivity contribution in [2.24, 2.45) is 5.92 Å². The molecule has 0 radical (unpaired) electrons. The van der Waals surface area contributed by atoms with E-state index in [-0.39, 0.29) is 16.7 Å². The first-order valence-electron chi connectivity index (χ1n) is 10.6. The maximum absolute atomic E-state index is 13.1. The van der Waals surface area contributed by atoms with E-state index in [1.165, 1.54) is 10.4 Å². The van der Waals surface area contributed by atoms with E-state index in [9.17, 15) is 13.2 Å². The summed E-state index contributed by atoms with van der Waals surface area (Å²) in [6, 6.07) is 10.8. The van der Waals surface area contributed by atoms with Crippen LogP contribution in [0.25, 0.3) is 0 Å². The molecule has 0 saturated carbocycles. The van der Waals surface area contributed by atoms with Gasteiger partial charge in [-0.1, -0.05) is 45.0 Å². The minimum atomic E-state index is -3.61. The summed E-state index contributed by atoms with van der Waals surface area (Å²) in [5.41, 5.74) is 3.98. The molecular formula is C24H32N2O3S. The molecule has 6 heteroatoms. The molecule has 0 atom stereocenters. The van der Waals surface area contributed by atoms with Crippen LogP contribution in [0.5, 0.6) is 0 Å². The summed E-state index contributed by atoms with van der Waals surface area (Å²) in [5.74, 6) is 0.516. The number of carbonyl (C=O) groups excluding carboxylic acids is 1. The fraction of sp³-hybridized carbons (Fsp3) is 0.458. The van der Waals surface area contributed by atoms with Gasteiger partial charge in [0.1, 0.15) is 0 Å². The van der Waals surface area contributed by atoms with Crippen molar-refractivity contribution in [3.63, 3.8) is 0 Å². The van der Waals surface area contributed by atoms with Crippen LogP contribution in [0.2, 0.25) is 0 Å². The summed E-state index contributed by atoms with van der Waals surface area (Å²) < 4.78 is 27.8. The quantitative estimate of drug-likeness (QED) is 0.720. The number of sulfonamides is 1. The van der Waals surface area contributed by atoms with E-state index >= 15 is 0 Å². The summed E-state index contributed by atoms with van der Waals surface area (Å²) in [6.07, 6.45) is 1.73. The van der Waals surface area contributed by atoms with Gasteiger partial charge in [-0.15, -0.1) is 0 Å². The van der Waals surface area contributed by atoms with E-state index in [1.54, 1.807) is 12.1 Å².